The summed E-state index contributed by atoms with van der Waals surface area (Å²) in [6.07, 6.45) is 6.29. The van der Waals surface area contributed by atoms with Gasteiger partial charge in [-0.25, -0.2) is 4.79 Å². The second-order valence-corrected chi connectivity index (χ2v) is 8.46. The van der Waals surface area contributed by atoms with E-state index in [2.05, 4.69) is 10.6 Å². The summed E-state index contributed by atoms with van der Waals surface area (Å²) >= 11 is 6.93. The molecule has 1 aromatic heterocycles. The van der Waals surface area contributed by atoms with Gasteiger partial charge in [-0.3, -0.25) is 10.1 Å². The van der Waals surface area contributed by atoms with Gasteiger partial charge in [0.25, 0.3) is 5.69 Å². The molecule has 1 aliphatic rings. The van der Waals surface area contributed by atoms with Crippen molar-refractivity contribution in [1.82, 2.24) is 0 Å². The molecule has 0 saturated heterocycles. The van der Waals surface area contributed by atoms with Gasteiger partial charge in [-0.05, 0) is 56.5 Å². The molecule has 29 heavy (non-hydrogen) atoms. The van der Waals surface area contributed by atoms with Crippen LogP contribution in [0.2, 0.25) is 0 Å². The number of carbonyl (C=O) groups excluding carboxylic acids is 1. The van der Waals surface area contributed by atoms with Gasteiger partial charge >= 0.3 is 5.97 Å². The van der Waals surface area contributed by atoms with Crippen LogP contribution in [0.4, 0.5) is 16.4 Å². The molecule has 1 aliphatic carbocycles. The number of fused-ring (bicyclic) bond motifs is 1. The average molecular weight is 434 g/mol. The molecule has 0 unspecified atom stereocenters. The maximum absolute atomic E-state index is 12.5. The van der Waals surface area contributed by atoms with Crippen molar-refractivity contribution in [2.45, 2.75) is 45.4 Å². The van der Waals surface area contributed by atoms with Gasteiger partial charge in [-0.15, -0.1) is 11.3 Å². The highest BCUT2D eigenvalue weighted by Crippen LogP contribution is 2.37. The fourth-order valence-corrected chi connectivity index (χ4v) is 5.04. The Balaban J connectivity index is 1.84. The van der Waals surface area contributed by atoms with Crippen LogP contribution in [0.5, 0.6) is 0 Å². The van der Waals surface area contributed by atoms with E-state index in [0.29, 0.717) is 21.8 Å². The summed E-state index contributed by atoms with van der Waals surface area (Å²) in [6.45, 7) is 1.68. The molecule has 0 amide bonds. The van der Waals surface area contributed by atoms with Gasteiger partial charge in [-0.1, -0.05) is 18.9 Å². The molecule has 0 aliphatic heterocycles. The monoisotopic (exact) mass is 433 g/mol. The van der Waals surface area contributed by atoms with E-state index in [-0.39, 0.29) is 16.8 Å². The molecule has 0 bridgehead atoms. The van der Waals surface area contributed by atoms with E-state index < -0.39 is 4.92 Å². The van der Waals surface area contributed by atoms with Gasteiger partial charge in [-0.2, -0.15) is 0 Å². The van der Waals surface area contributed by atoms with Crippen LogP contribution in [0, 0.1) is 17.0 Å². The molecule has 9 heteroatoms. The second kappa shape index (κ2) is 9.32. The van der Waals surface area contributed by atoms with Crippen molar-refractivity contribution >= 4 is 51.0 Å². The summed E-state index contributed by atoms with van der Waals surface area (Å²) < 4.78 is 5.02. The number of ether oxygens (including phenoxy) is 1. The molecule has 7 nitrogen and oxygen atoms in total. The van der Waals surface area contributed by atoms with Gasteiger partial charge in [0.2, 0.25) is 0 Å². The lowest BCUT2D eigenvalue weighted by Crippen LogP contribution is -2.20. The molecular weight excluding hydrogens is 410 g/mol. The number of nitro benzene ring substituents is 1. The number of nitrogens with one attached hydrogen (secondary N) is 2. The number of hydrogen-bond acceptors (Lipinski definition) is 6. The van der Waals surface area contributed by atoms with Gasteiger partial charge < -0.3 is 15.4 Å². The Morgan fingerprint density at radius 2 is 1.93 bits per heavy atom. The first kappa shape index (κ1) is 21.2. The molecule has 0 radical (unpaired) electrons. The average Bonchev–Trinajstić information content (AvgIpc) is 2.98. The number of thiophene rings is 1. The van der Waals surface area contributed by atoms with Gasteiger partial charge in [0.1, 0.15) is 5.00 Å². The van der Waals surface area contributed by atoms with Gasteiger partial charge in [0.15, 0.2) is 5.11 Å². The Morgan fingerprint density at radius 1 is 1.21 bits per heavy atom. The van der Waals surface area contributed by atoms with Crippen LogP contribution in [-0.4, -0.2) is 23.1 Å². The third-order valence-corrected chi connectivity index (χ3v) is 6.36. The number of benzene rings is 1. The largest absolute Gasteiger partial charge is 0.465 e. The van der Waals surface area contributed by atoms with E-state index in [9.17, 15) is 14.9 Å². The highest BCUT2D eigenvalue weighted by Gasteiger charge is 2.25. The van der Waals surface area contributed by atoms with E-state index in [1.54, 1.807) is 19.1 Å². The molecule has 1 heterocycles. The number of esters is 1. The minimum atomic E-state index is -0.425. The van der Waals surface area contributed by atoms with E-state index in [1.807, 2.05) is 0 Å². The zero-order chi connectivity index (χ0) is 21.0. The normalized spacial score (nSPS) is 13.6. The van der Waals surface area contributed by atoms with Crippen LogP contribution in [0.1, 0.15) is 52.0 Å². The molecule has 0 atom stereocenters. The third kappa shape index (κ3) is 4.91. The smallest absolute Gasteiger partial charge is 0.341 e. The molecule has 2 N–H and O–H groups in total. The van der Waals surface area contributed by atoms with Crippen LogP contribution in [-0.2, 0) is 17.6 Å². The number of aryl methyl sites for hydroxylation is 2. The highest BCUT2D eigenvalue weighted by molar-refractivity contribution is 7.80. The van der Waals surface area contributed by atoms with Crippen molar-refractivity contribution < 1.29 is 14.5 Å². The topological polar surface area (TPSA) is 93.5 Å². The summed E-state index contributed by atoms with van der Waals surface area (Å²) in [5.74, 6) is -0.376. The highest BCUT2D eigenvalue weighted by atomic mass is 32.1. The van der Waals surface area contributed by atoms with Crippen LogP contribution in [0.15, 0.2) is 18.2 Å². The zero-order valence-electron chi connectivity index (χ0n) is 16.4. The third-order valence-electron chi connectivity index (χ3n) is 4.95. The maximum atomic E-state index is 12.5. The van der Waals surface area contributed by atoms with Crippen molar-refractivity contribution in [3.05, 3.63) is 49.9 Å². The van der Waals surface area contributed by atoms with Crippen LogP contribution in [0.3, 0.4) is 0 Å². The molecule has 0 spiro atoms. The summed E-state index contributed by atoms with van der Waals surface area (Å²) in [6, 6.07) is 4.84. The maximum Gasteiger partial charge on any atom is 0.341 e. The number of anilines is 2. The number of carbonyl (C=O) groups is 1. The predicted molar refractivity (Wildman–Crippen MR) is 119 cm³/mol. The number of hydrogen-bond donors (Lipinski definition) is 2. The quantitative estimate of drug-likeness (QED) is 0.295. The summed E-state index contributed by atoms with van der Waals surface area (Å²) in [4.78, 5) is 24.4. The van der Waals surface area contributed by atoms with Crippen LogP contribution >= 0.6 is 23.6 Å². The number of thiocarbonyl (C=S) groups is 1. The summed E-state index contributed by atoms with van der Waals surface area (Å²) in [7, 11) is 1.38. The number of methoxy groups -OCH3 is 1. The van der Waals surface area contributed by atoms with Gasteiger partial charge in [0, 0.05) is 22.2 Å². The van der Waals surface area contributed by atoms with Crippen molar-refractivity contribution in [2.75, 3.05) is 17.7 Å². The Morgan fingerprint density at radius 3 is 2.62 bits per heavy atom. The lowest BCUT2D eigenvalue weighted by Gasteiger charge is -2.12. The van der Waals surface area contributed by atoms with E-state index in [4.69, 9.17) is 17.0 Å². The minimum Gasteiger partial charge on any atom is -0.465 e. The first-order valence-corrected chi connectivity index (χ1v) is 10.7. The van der Waals surface area contributed by atoms with Gasteiger partial charge in [0.05, 0.1) is 17.6 Å². The Bertz CT molecular complexity index is 955. The Kier molecular flexibility index (Phi) is 6.81. The fourth-order valence-electron chi connectivity index (χ4n) is 3.47. The van der Waals surface area contributed by atoms with E-state index in [1.165, 1.54) is 35.8 Å². The fraction of sp³-hybridized carbons (Fsp3) is 0.400. The lowest BCUT2D eigenvalue weighted by atomic mass is 9.96. The van der Waals surface area contributed by atoms with Crippen LogP contribution in [0.25, 0.3) is 0 Å². The van der Waals surface area contributed by atoms with Crippen molar-refractivity contribution in [3.63, 3.8) is 0 Å². The second-order valence-electron chi connectivity index (χ2n) is 6.95. The molecule has 0 fully saturated rings. The zero-order valence-corrected chi connectivity index (χ0v) is 18.0. The molecule has 3 rings (SSSR count). The standard InChI is InChI=1S/C20H23N3O4S2/c1-12-9-10-13(11-15(12)23(25)26)21-20(28)22-18-17(19(24)27-2)14-7-5-3-4-6-8-16(14)29-18/h9-11H,3-8H2,1-2H3,(H2,21,22,28). The first-order chi connectivity index (χ1) is 13.9. The summed E-state index contributed by atoms with van der Waals surface area (Å²) in [5, 5.41) is 18.1. The van der Waals surface area contributed by atoms with E-state index >= 15 is 0 Å². The number of nitro groups is 1. The predicted octanol–water partition coefficient (Wildman–Crippen LogP) is 5.22. The van der Waals surface area contributed by atoms with Crippen molar-refractivity contribution in [3.8, 4) is 0 Å². The molecular formula is C20H23N3O4S2. The molecule has 1 aromatic carbocycles. The summed E-state index contributed by atoms with van der Waals surface area (Å²) in [5.41, 5.74) is 2.71. The molecule has 0 saturated carbocycles. The molecule has 154 valence electrons. The lowest BCUT2D eigenvalue weighted by molar-refractivity contribution is -0.385. The Hall–Kier alpha value is -2.52. The Labute approximate surface area is 178 Å². The number of rotatable bonds is 4. The molecule has 2 aromatic rings. The first-order valence-electron chi connectivity index (χ1n) is 9.46. The minimum absolute atomic E-state index is 0.0205. The number of nitrogens with zero attached hydrogens (tertiary/aromatic N) is 1. The van der Waals surface area contributed by atoms with Crippen LogP contribution < -0.4 is 10.6 Å². The van der Waals surface area contributed by atoms with E-state index in [0.717, 1.165) is 37.7 Å². The van der Waals surface area contributed by atoms with Crippen molar-refractivity contribution in [1.29, 1.82) is 0 Å². The SMILES string of the molecule is COC(=O)c1c(NC(=S)Nc2ccc(C)c([N+](=O)[O-])c2)sc2c1CCCCCC2. The van der Waals surface area contributed by atoms with Crippen molar-refractivity contribution in [2.24, 2.45) is 0 Å².